The molecule has 0 bridgehead atoms. The first kappa shape index (κ1) is 41.3. The van der Waals surface area contributed by atoms with Gasteiger partial charge in [0.25, 0.3) is 0 Å². The Bertz CT molecular complexity index is 1310. The zero-order valence-electron chi connectivity index (χ0n) is 30.0. The number of methoxy groups -OCH3 is 1. The summed E-state index contributed by atoms with van der Waals surface area (Å²) in [5.41, 5.74) is 0.293. The number of esters is 1. The lowest BCUT2D eigenvalue weighted by Crippen LogP contribution is -2.45. The Morgan fingerprint density at radius 3 is 2.10 bits per heavy atom. The highest BCUT2D eigenvalue weighted by molar-refractivity contribution is 7.79. The first-order valence-corrected chi connectivity index (χ1v) is 17.8. The molecular formula is C37H52FO8SSi. The van der Waals surface area contributed by atoms with Crippen molar-refractivity contribution in [1.29, 1.82) is 0 Å². The second-order valence-electron chi connectivity index (χ2n) is 14.4. The molecule has 0 saturated heterocycles. The monoisotopic (exact) mass is 703 g/mol. The van der Waals surface area contributed by atoms with E-state index < -0.39 is 44.6 Å². The Morgan fingerprint density at radius 2 is 1.54 bits per heavy atom. The van der Waals surface area contributed by atoms with Crippen LogP contribution in [-0.4, -0.2) is 65.7 Å². The van der Waals surface area contributed by atoms with E-state index in [9.17, 15) is 9.18 Å². The number of halogens is 1. The van der Waals surface area contributed by atoms with E-state index >= 15 is 0 Å². The second-order valence-corrected chi connectivity index (χ2v) is 18.6. The molecule has 0 fully saturated rings. The van der Waals surface area contributed by atoms with Crippen LogP contribution in [0.5, 0.6) is 5.75 Å². The molecule has 0 saturated carbocycles. The number of rotatable bonds is 15. The number of hydrogen-bond acceptors (Lipinski definition) is 9. The van der Waals surface area contributed by atoms with Gasteiger partial charge >= 0.3 is 11.2 Å². The third kappa shape index (κ3) is 15.6. The van der Waals surface area contributed by atoms with Gasteiger partial charge in [-0.25, -0.2) is 4.39 Å². The minimum absolute atomic E-state index is 0.0833. The Balaban J connectivity index is 2.40. The van der Waals surface area contributed by atoms with Gasteiger partial charge in [0.05, 0.1) is 12.0 Å². The zero-order chi connectivity index (χ0) is 36.0. The molecule has 11 heteroatoms. The van der Waals surface area contributed by atoms with Gasteiger partial charge in [0, 0.05) is 25.7 Å². The maximum Gasteiger partial charge on any atom is 0.358 e. The van der Waals surface area contributed by atoms with Gasteiger partial charge in [-0.15, -0.1) is 0 Å². The number of carbonyl (C=O) groups is 1. The lowest BCUT2D eigenvalue weighted by molar-refractivity contribution is -0.164. The number of hydrogen-bond donors (Lipinski definition) is 0. The van der Waals surface area contributed by atoms with Gasteiger partial charge in [0.15, 0.2) is 6.10 Å². The molecule has 3 atom stereocenters. The lowest BCUT2D eigenvalue weighted by Gasteiger charge is -2.40. The molecular weight excluding hydrogens is 652 g/mol. The molecule has 0 N–H and O–H groups in total. The van der Waals surface area contributed by atoms with E-state index in [1.807, 2.05) is 30.3 Å². The van der Waals surface area contributed by atoms with Gasteiger partial charge in [-0.3, -0.25) is 4.79 Å². The van der Waals surface area contributed by atoms with Crippen molar-refractivity contribution >= 4 is 32.5 Å². The summed E-state index contributed by atoms with van der Waals surface area (Å²) >= 11 is 5.41. The molecule has 0 aromatic heterocycles. The Kier molecular flexibility index (Phi) is 16.7. The van der Waals surface area contributed by atoms with E-state index in [1.165, 1.54) is 31.4 Å². The third-order valence-electron chi connectivity index (χ3n) is 6.69. The van der Waals surface area contributed by atoms with E-state index in [0.717, 1.165) is 5.56 Å². The van der Waals surface area contributed by atoms with Gasteiger partial charge in [-0.05, 0) is 60.7 Å². The van der Waals surface area contributed by atoms with Crippen LogP contribution in [0.1, 0.15) is 74.3 Å². The average molecular weight is 704 g/mol. The van der Waals surface area contributed by atoms with Crippen molar-refractivity contribution in [2.45, 2.75) is 104 Å². The molecule has 8 nitrogen and oxygen atoms in total. The van der Waals surface area contributed by atoms with Gasteiger partial charge in [0.1, 0.15) is 43.8 Å². The highest BCUT2D eigenvalue weighted by Gasteiger charge is 2.42. The summed E-state index contributed by atoms with van der Waals surface area (Å²) in [6, 6.07) is 15.2. The highest BCUT2D eigenvalue weighted by atomic mass is 32.1. The summed E-state index contributed by atoms with van der Waals surface area (Å²) in [5, 5.41) is -0.507. The second kappa shape index (κ2) is 19.4. The van der Waals surface area contributed by atoms with E-state index in [4.69, 9.17) is 45.1 Å². The van der Waals surface area contributed by atoms with E-state index in [0.29, 0.717) is 6.61 Å². The summed E-state index contributed by atoms with van der Waals surface area (Å²) in [6.45, 7) is 18.6. The van der Waals surface area contributed by atoms with Gasteiger partial charge in [-0.2, -0.15) is 0 Å². The van der Waals surface area contributed by atoms with Gasteiger partial charge in [0.2, 0.25) is 9.04 Å². The van der Waals surface area contributed by atoms with Gasteiger partial charge < -0.3 is 32.8 Å². The van der Waals surface area contributed by atoms with E-state index in [2.05, 4.69) is 53.4 Å². The van der Waals surface area contributed by atoms with Crippen LogP contribution < -0.4 is 4.74 Å². The molecule has 1 radical (unpaired) electrons. The lowest BCUT2D eigenvalue weighted by atomic mass is 9.97. The molecule has 0 aliphatic heterocycles. The number of benzene rings is 2. The van der Waals surface area contributed by atoms with Crippen LogP contribution in [-0.2, 0) is 39.5 Å². The molecule has 2 aromatic rings. The number of thiocarbonyl (C=S) groups is 1. The molecule has 2 rings (SSSR count). The normalized spacial score (nSPS) is 14.0. The fourth-order valence-electron chi connectivity index (χ4n) is 4.74. The van der Waals surface area contributed by atoms with Crippen molar-refractivity contribution in [3.05, 3.63) is 66.0 Å². The van der Waals surface area contributed by atoms with Crippen molar-refractivity contribution < 1.29 is 42.0 Å². The maximum absolute atomic E-state index is 13.5. The van der Waals surface area contributed by atoms with Gasteiger partial charge in [-0.1, -0.05) is 83.7 Å². The predicted octanol–water partition coefficient (Wildman–Crippen LogP) is 8.04. The molecule has 0 heterocycles. The van der Waals surface area contributed by atoms with Crippen LogP contribution in [0.2, 0.25) is 10.1 Å². The summed E-state index contributed by atoms with van der Waals surface area (Å²) < 4.78 is 55.0. The predicted molar refractivity (Wildman–Crippen MR) is 190 cm³/mol. The Hall–Kier alpha value is -2.85. The van der Waals surface area contributed by atoms with Crippen LogP contribution in [0.4, 0.5) is 4.39 Å². The van der Waals surface area contributed by atoms with Crippen LogP contribution >= 0.6 is 12.2 Å². The van der Waals surface area contributed by atoms with E-state index in [1.54, 1.807) is 20.8 Å². The largest absolute Gasteiger partial charge is 0.461 e. The van der Waals surface area contributed by atoms with Crippen LogP contribution in [0, 0.1) is 23.1 Å². The number of carbonyl (C=O) groups excluding carboxylic acids is 1. The first-order chi connectivity index (χ1) is 22.4. The zero-order valence-corrected chi connectivity index (χ0v) is 31.8. The van der Waals surface area contributed by atoms with Crippen LogP contribution in [0.3, 0.4) is 0 Å². The molecule has 0 aliphatic carbocycles. The molecule has 0 unspecified atom stereocenters. The number of ether oxygens (including phenoxy) is 6. The molecule has 2 aromatic carbocycles. The summed E-state index contributed by atoms with van der Waals surface area (Å²) in [6.07, 6.45) is -2.07. The quantitative estimate of drug-likeness (QED) is 0.0457. The Morgan fingerprint density at radius 1 is 0.917 bits per heavy atom. The molecule has 0 amide bonds. The molecule has 0 spiro atoms. The fourth-order valence-corrected chi connectivity index (χ4v) is 8.36. The van der Waals surface area contributed by atoms with Crippen molar-refractivity contribution in [2.75, 3.05) is 27.1 Å². The van der Waals surface area contributed by atoms with Crippen molar-refractivity contribution in [3.63, 3.8) is 0 Å². The van der Waals surface area contributed by atoms with Crippen LogP contribution in [0.15, 0.2) is 54.6 Å². The van der Waals surface area contributed by atoms with Crippen molar-refractivity contribution in [2.24, 2.45) is 5.41 Å². The Labute approximate surface area is 293 Å². The third-order valence-corrected chi connectivity index (χ3v) is 10.1. The summed E-state index contributed by atoms with van der Waals surface area (Å²) in [4.78, 5) is 12.8. The average Bonchev–Trinajstić information content (AvgIpc) is 2.99. The topological polar surface area (TPSA) is 81.7 Å². The maximum atomic E-state index is 13.5. The first-order valence-electron chi connectivity index (χ1n) is 16.0. The van der Waals surface area contributed by atoms with E-state index in [-0.39, 0.29) is 47.5 Å². The SMILES string of the molecule is COCO[C@@H](C[C@H](C#CCOCc1ccccc1)O[Si](C(C)(C)C)C(C)(C)C)[C@@H](COC(=O)C(C)(C)C)OC(=S)Oc1ccc(F)cc1. The van der Waals surface area contributed by atoms with Crippen LogP contribution in [0.25, 0.3) is 0 Å². The van der Waals surface area contributed by atoms with Crippen molar-refractivity contribution in [3.8, 4) is 17.6 Å². The summed E-state index contributed by atoms with van der Waals surface area (Å²) in [5.74, 6) is 5.85. The fraction of sp³-hybridized carbons (Fsp3) is 0.568. The smallest absolute Gasteiger partial charge is 0.358 e. The standard InChI is InChI=1S/C37H52FO8SSi/c1-35(2,3)33(39)42-25-32(45-34(47)44-29-20-18-28(38)19-21-29)31(43-26-40-10)23-30(46-48(36(4,5)6)37(7,8)9)17-14-22-41-24-27-15-12-11-13-16-27/h11-13,15-16,18-21,30-32H,22-26H2,1-10H3/t30-,31-,32+/m0/s1. The molecule has 265 valence electrons. The highest BCUT2D eigenvalue weighted by Crippen LogP contribution is 2.43. The summed E-state index contributed by atoms with van der Waals surface area (Å²) in [7, 11) is 0.00921. The minimum Gasteiger partial charge on any atom is -0.461 e. The molecule has 0 aliphatic rings. The molecule has 48 heavy (non-hydrogen) atoms. The minimum atomic E-state index is -1.50. The van der Waals surface area contributed by atoms with Crippen molar-refractivity contribution in [1.82, 2.24) is 0 Å².